The first-order chi connectivity index (χ1) is 8.83. The maximum absolute atomic E-state index is 4.60. The maximum Gasteiger partial charge on any atom is 0.225 e. The minimum atomic E-state index is 0.114. The van der Waals surface area contributed by atoms with Crippen molar-refractivity contribution >= 4 is 5.95 Å². The molecule has 0 saturated heterocycles. The van der Waals surface area contributed by atoms with Crippen LogP contribution in [0.15, 0.2) is 6.20 Å². The van der Waals surface area contributed by atoms with Gasteiger partial charge in [0.2, 0.25) is 5.95 Å². The molecule has 1 aromatic heterocycles. The summed E-state index contributed by atoms with van der Waals surface area (Å²) in [5.41, 5.74) is 2.34. The third kappa shape index (κ3) is 5.55. The van der Waals surface area contributed by atoms with Gasteiger partial charge < -0.3 is 10.2 Å². The van der Waals surface area contributed by atoms with Crippen LogP contribution in [0.25, 0.3) is 0 Å². The van der Waals surface area contributed by atoms with Crippen LogP contribution in [0.2, 0.25) is 0 Å². The van der Waals surface area contributed by atoms with Crippen molar-refractivity contribution < 1.29 is 0 Å². The summed E-state index contributed by atoms with van der Waals surface area (Å²) in [4.78, 5) is 11.2. The molecule has 0 atom stereocenters. The van der Waals surface area contributed by atoms with Gasteiger partial charge in [-0.25, -0.2) is 9.97 Å². The molecule has 0 aromatic carbocycles. The highest BCUT2D eigenvalue weighted by atomic mass is 15.2. The molecule has 0 amide bonds. The fourth-order valence-electron chi connectivity index (χ4n) is 1.69. The molecule has 0 aliphatic rings. The SMILES string of the molecule is CCCCN(C)c1ncc(CNC(C)(C)C)c(C)n1. The van der Waals surface area contributed by atoms with E-state index in [1.807, 2.05) is 6.20 Å². The van der Waals surface area contributed by atoms with Gasteiger partial charge in [0.25, 0.3) is 0 Å². The molecule has 0 radical (unpaired) electrons. The van der Waals surface area contributed by atoms with Crippen LogP contribution in [0, 0.1) is 6.92 Å². The number of aromatic nitrogens is 2. The van der Waals surface area contributed by atoms with E-state index in [0.717, 1.165) is 24.7 Å². The first kappa shape index (κ1) is 15.9. The molecule has 4 heteroatoms. The van der Waals surface area contributed by atoms with E-state index in [2.05, 4.69) is 61.9 Å². The van der Waals surface area contributed by atoms with E-state index in [1.54, 1.807) is 0 Å². The Hall–Kier alpha value is -1.16. The highest BCUT2D eigenvalue weighted by Crippen LogP contribution is 2.12. The summed E-state index contributed by atoms with van der Waals surface area (Å²) in [7, 11) is 2.05. The molecule has 4 nitrogen and oxygen atoms in total. The molecular weight excluding hydrogens is 236 g/mol. The monoisotopic (exact) mass is 264 g/mol. The molecule has 1 N–H and O–H groups in total. The van der Waals surface area contributed by atoms with Gasteiger partial charge in [-0.1, -0.05) is 13.3 Å². The molecule has 0 spiro atoms. The molecule has 19 heavy (non-hydrogen) atoms. The summed E-state index contributed by atoms with van der Waals surface area (Å²) in [5, 5.41) is 3.47. The molecule has 0 aliphatic carbocycles. The minimum absolute atomic E-state index is 0.114. The summed E-state index contributed by atoms with van der Waals surface area (Å²) >= 11 is 0. The van der Waals surface area contributed by atoms with Crippen LogP contribution in [-0.2, 0) is 6.54 Å². The number of nitrogens with zero attached hydrogens (tertiary/aromatic N) is 3. The molecular formula is C15H28N4. The van der Waals surface area contributed by atoms with Crippen molar-refractivity contribution in [3.8, 4) is 0 Å². The molecule has 0 saturated carbocycles. The number of anilines is 1. The lowest BCUT2D eigenvalue weighted by molar-refractivity contribution is 0.423. The number of rotatable bonds is 6. The lowest BCUT2D eigenvalue weighted by atomic mass is 10.1. The molecule has 0 unspecified atom stereocenters. The second kappa shape index (κ2) is 6.85. The molecule has 1 aromatic rings. The highest BCUT2D eigenvalue weighted by Gasteiger charge is 2.11. The normalized spacial score (nSPS) is 11.7. The first-order valence-corrected chi connectivity index (χ1v) is 7.12. The van der Waals surface area contributed by atoms with E-state index < -0.39 is 0 Å². The zero-order chi connectivity index (χ0) is 14.5. The third-order valence-electron chi connectivity index (χ3n) is 3.07. The van der Waals surface area contributed by atoms with Crippen molar-refractivity contribution in [1.82, 2.24) is 15.3 Å². The van der Waals surface area contributed by atoms with Gasteiger partial charge in [0.1, 0.15) is 0 Å². The topological polar surface area (TPSA) is 41.1 Å². The van der Waals surface area contributed by atoms with Gasteiger partial charge >= 0.3 is 0 Å². The van der Waals surface area contributed by atoms with Crippen molar-refractivity contribution in [1.29, 1.82) is 0 Å². The Morgan fingerprint density at radius 2 is 2.00 bits per heavy atom. The molecule has 108 valence electrons. The van der Waals surface area contributed by atoms with Crippen LogP contribution in [-0.4, -0.2) is 29.1 Å². The molecule has 0 aliphatic heterocycles. The van der Waals surface area contributed by atoms with Crippen molar-refractivity contribution in [2.45, 2.75) is 59.5 Å². The Bertz CT molecular complexity index is 396. The van der Waals surface area contributed by atoms with Crippen molar-refractivity contribution in [2.24, 2.45) is 0 Å². The first-order valence-electron chi connectivity index (χ1n) is 7.12. The average Bonchev–Trinajstić information content (AvgIpc) is 2.33. The summed E-state index contributed by atoms with van der Waals surface area (Å²) < 4.78 is 0. The fraction of sp³-hybridized carbons (Fsp3) is 0.733. The number of aryl methyl sites for hydroxylation is 1. The molecule has 0 bridgehead atoms. The molecule has 0 fully saturated rings. The number of hydrogen-bond donors (Lipinski definition) is 1. The molecule has 1 rings (SSSR count). The zero-order valence-electron chi connectivity index (χ0n) is 13.2. The van der Waals surface area contributed by atoms with Gasteiger partial charge in [-0.15, -0.1) is 0 Å². The second-order valence-electron chi connectivity index (χ2n) is 6.16. The van der Waals surface area contributed by atoms with Gasteiger partial charge in [-0.2, -0.15) is 0 Å². The van der Waals surface area contributed by atoms with E-state index in [1.165, 1.54) is 18.4 Å². The highest BCUT2D eigenvalue weighted by molar-refractivity contribution is 5.31. The van der Waals surface area contributed by atoms with Gasteiger partial charge in [0.15, 0.2) is 0 Å². The van der Waals surface area contributed by atoms with Crippen molar-refractivity contribution in [2.75, 3.05) is 18.5 Å². The second-order valence-corrected chi connectivity index (χ2v) is 6.16. The summed E-state index contributed by atoms with van der Waals surface area (Å²) in [6.07, 6.45) is 4.31. The lowest BCUT2D eigenvalue weighted by Crippen LogP contribution is -2.35. The van der Waals surface area contributed by atoms with E-state index in [9.17, 15) is 0 Å². The van der Waals surface area contributed by atoms with Crippen molar-refractivity contribution in [3.63, 3.8) is 0 Å². The fourth-order valence-corrected chi connectivity index (χ4v) is 1.69. The van der Waals surface area contributed by atoms with Gasteiger partial charge in [0.05, 0.1) is 0 Å². The van der Waals surface area contributed by atoms with Gasteiger partial charge in [0, 0.05) is 43.1 Å². The number of unbranched alkanes of at least 4 members (excludes halogenated alkanes) is 1. The Morgan fingerprint density at radius 3 is 2.53 bits per heavy atom. The Balaban J connectivity index is 2.69. The lowest BCUT2D eigenvalue weighted by Gasteiger charge is -2.22. The Kier molecular flexibility index (Phi) is 5.73. The number of hydrogen-bond acceptors (Lipinski definition) is 4. The average molecular weight is 264 g/mol. The zero-order valence-corrected chi connectivity index (χ0v) is 13.2. The Morgan fingerprint density at radius 1 is 1.32 bits per heavy atom. The van der Waals surface area contributed by atoms with E-state index in [0.29, 0.717) is 0 Å². The maximum atomic E-state index is 4.60. The van der Waals surface area contributed by atoms with Gasteiger partial charge in [-0.3, -0.25) is 0 Å². The summed E-state index contributed by atoms with van der Waals surface area (Å²) in [6.45, 7) is 12.6. The van der Waals surface area contributed by atoms with Crippen LogP contribution in [0.5, 0.6) is 0 Å². The third-order valence-corrected chi connectivity index (χ3v) is 3.07. The quantitative estimate of drug-likeness (QED) is 0.857. The van der Waals surface area contributed by atoms with Crippen molar-refractivity contribution in [3.05, 3.63) is 17.5 Å². The van der Waals surface area contributed by atoms with Crippen LogP contribution in [0.3, 0.4) is 0 Å². The minimum Gasteiger partial charge on any atom is -0.344 e. The van der Waals surface area contributed by atoms with Crippen LogP contribution in [0.1, 0.15) is 51.8 Å². The predicted molar refractivity (Wildman–Crippen MR) is 81.5 cm³/mol. The Labute approximate surface area is 117 Å². The summed E-state index contributed by atoms with van der Waals surface area (Å²) in [6, 6.07) is 0. The molecule has 1 heterocycles. The van der Waals surface area contributed by atoms with Crippen LogP contribution in [0.4, 0.5) is 5.95 Å². The van der Waals surface area contributed by atoms with Gasteiger partial charge in [-0.05, 0) is 34.1 Å². The van der Waals surface area contributed by atoms with E-state index in [-0.39, 0.29) is 5.54 Å². The van der Waals surface area contributed by atoms with Crippen LogP contribution < -0.4 is 10.2 Å². The standard InChI is InChI=1S/C15H28N4/c1-7-8-9-19(6)14-16-10-13(12(2)18-14)11-17-15(3,4)5/h10,17H,7-9,11H2,1-6H3. The van der Waals surface area contributed by atoms with Crippen LogP contribution >= 0.6 is 0 Å². The number of nitrogens with one attached hydrogen (secondary N) is 1. The summed E-state index contributed by atoms with van der Waals surface area (Å²) in [5.74, 6) is 0.824. The largest absolute Gasteiger partial charge is 0.344 e. The van der Waals surface area contributed by atoms with E-state index in [4.69, 9.17) is 0 Å². The predicted octanol–water partition coefficient (Wildman–Crippen LogP) is 2.91. The smallest absolute Gasteiger partial charge is 0.225 e. The van der Waals surface area contributed by atoms with E-state index >= 15 is 0 Å².